The average molecular weight is 234 g/mol. The third-order valence-corrected chi connectivity index (χ3v) is 2.12. The van der Waals surface area contributed by atoms with Crippen molar-refractivity contribution in [1.82, 2.24) is 20.3 Å². The fraction of sp³-hybridized carbons (Fsp3) is 0.778. The van der Waals surface area contributed by atoms with Crippen molar-refractivity contribution in [2.75, 3.05) is 20.8 Å². The molecule has 0 spiro atoms. The van der Waals surface area contributed by atoms with Crippen LogP contribution in [0.25, 0.3) is 0 Å². The Hall–Kier alpha value is -1.08. The highest BCUT2D eigenvalue weighted by molar-refractivity contribution is 5.10. The van der Waals surface area contributed by atoms with E-state index in [4.69, 9.17) is 4.74 Å². The standard InChI is InChI=1S/C9H16F2N4O/c1-12-5-7-8(3-4-16-2)15(14-13-7)6-9(10)11/h9,12H,3-6H2,1-2H3. The van der Waals surface area contributed by atoms with Gasteiger partial charge in [-0.1, -0.05) is 5.21 Å². The van der Waals surface area contributed by atoms with E-state index in [0.717, 1.165) is 0 Å². The Balaban J connectivity index is 2.80. The van der Waals surface area contributed by atoms with Gasteiger partial charge < -0.3 is 10.1 Å². The van der Waals surface area contributed by atoms with Gasteiger partial charge in [-0.15, -0.1) is 5.10 Å². The number of alkyl halides is 2. The van der Waals surface area contributed by atoms with Crippen molar-refractivity contribution >= 4 is 0 Å². The molecule has 1 aromatic heterocycles. The summed E-state index contributed by atoms with van der Waals surface area (Å²) in [6.07, 6.45) is -1.89. The molecule has 0 aromatic carbocycles. The predicted octanol–water partition coefficient (Wildman–Crippen LogP) is 0.451. The van der Waals surface area contributed by atoms with Gasteiger partial charge in [0.2, 0.25) is 0 Å². The zero-order valence-corrected chi connectivity index (χ0v) is 9.41. The van der Waals surface area contributed by atoms with Gasteiger partial charge in [-0.2, -0.15) is 0 Å². The molecule has 0 atom stereocenters. The number of methoxy groups -OCH3 is 1. The monoisotopic (exact) mass is 234 g/mol. The van der Waals surface area contributed by atoms with E-state index >= 15 is 0 Å². The maximum atomic E-state index is 12.3. The van der Waals surface area contributed by atoms with Crippen molar-refractivity contribution in [3.8, 4) is 0 Å². The van der Waals surface area contributed by atoms with E-state index in [1.165, 1.54) is 4.68 Å². The first kappa shape index (κ1) is 13.0. The van der Waals surface area contributed by atoms with Gasteiger partial charge in [0.05, 0.1) is 18.0 Å². The molecule has 16 heavy (non-hydrogen) atoms. The van der Waals surface area contributed by atoms with Crippen molar-refractivity contribution in [1.29, 1.82) is 0 Å². The van der Waals surface area contributed by atoms with Crippen LogP contribution in [0.1, 0.15) is 11.4 Å². The Morgan fingerprint density at radius 3 is 2.81 bits per heavy atom. The van der Waals surface area contributed by atoms with Gasteiger partial charge >= 0.3 is 0 Å². The van der Waals surface area contributed by atoms with E-state index in [2.05, 4.69) is 15.6 Å². The molecule has 0 saturated carbocycles. The Kier molecular flexibility index (Phi) is 5.27. The number of nitrogens with one attached hydrogen (secondary N) is 1. The highest BCUT2D eigenvalue weighted by Gasteiger charge is 2.15. The van der Waals surface area contributed by atoms with Crippen LogP contribution in [0.4, 0.5) is 8.78 Å². The number of hydrogen-bond acceptors (Lipinski definition) is 4. The molecule has 1 rings (SSSR count). The molecule has 0 amide bonds. The molecule has 1 heterocycles. The Labute approximate surface area is 92.8 Å². The van der Waals surface area contributed by atoms with Crippen molar-refractivity contribution in [2.24, 2.45) is 0 Å². The predicted molar refractivity (Wildman–Crippen MR) is 54.4 cm³/mol. The van der Waals surface area contributed by atoms with Crippen molar-refractivity contribution in [3.63, 3.8) is 0 Å². The van der Waals surface area contributed by atoms with Crippen molar-refractivity contribution in [2.45, 2.75) is 25.9 Å². The summed E-state index contributed by atoms with van der Waals surface area (Å²) in [6.45, 7) is 0.561. The lowest BCUT2D eigenvalue weighted by Gasteiger charge is -2.07. The Bertz CT molecular complexity index is 316. The lowest BCUT2D eigenvalue weighted by atomic mass is 10.2. The van der Waals surface area contributed by atoms with E-state index in [-0.39, 0.29) is 0 Å². The lowest BCUT2D eigenvalue weighted by Crippen LogP contribution is -2.15. The van der Waals surface area contributed by atoms with Crippen molar-refractivity contribution < 1.29 is 13.5 Å². The van der Waals surface area contributed by atoms with Crippen LogP contribution in [-0.4, -0.2) is 42.2 Å². The van der Waals surface area contributed by atoms with Crippen LogP contribution >= 0.6 is 0 Å². The van der Waals surface area contributed by atoms with Gasteiger partial charge in [0.15, 0.2) is 0 Å². The van der Waals surface area contributed by atoms with Crippen LogP contribution in [0.2, 0.25) is 0 Å². The minimum atomic E-state index is -2.43. The summed E-state index contributed by atoms with van der Waals surface area (Å²) in [4.78, 5) is 0. The summed E-state index contributed by atoms with van der Waals surface area (Å²) < 4.78 is 30.7. The second kappa shape index (κ2) is 6.49. The second-order valence-corrected chi connectivity index (χ2v) is 3.33. The number of halogens is 2. The maximum Gasteiger partial charge on any atom is 0.257 e. The Morgan fingerprint density at radius 1 is 1.50 bits per heavy atom. The largest absolute Gasteiger partial charge is 0.384 e. The van der Waals surface area contributed by atoms with Gasteiger partial charge in [0.1, 0.15) is 6.54 Å². The van der Waals surface area contributed by atoms with E-state index < -0.39 is 13.0 Å². The molecule has 0 aliphatic rings. The first-order valence-corrected chi connectivity index (χ1v) is 5.02. The smallest absolute Gasteiger partial charge is 0.257 e. The van der Waals surface area contributed by atoms with E-state index in [1.54, 1.807) is 14.2 Å². The highest BCUT2D eigenvalue weighted by Crippen LogP contribution is 2.09. The number of nitrogens with zero attached hydrogens (tertiary/aromatic N) is 3. The van der Waals surface area contributed by atoms with Crippen LogP contribution in [0.5, 0.6) is 0 Å². The third-order valence-electron chi connectivity index (χ3n) is 2.12. The topological polar surface area (TPSA) is 52.0 Å². The zero-order valence-electron chi connectivity index (χ0n) is 9.41. The molecule has 1 aromatic rings. The summed E-state index contributed by atoms with van der Waals surface area (Å²) in [5.41, 5.74) is 1.40. The molecule has 92 valence electrons. The first-order valence-electron chi connectivity index (χ1n) is 5.02. The van der Waals surface area contributed by atoms with Gasteiger partial charge in [0, 0.05) is 20.1 Å². The lowest BCUT2D eigenvalue weighted by molar-refractivity contribution is 0.118. The molecule has 0 bridgehead atoms. The van der Waals surface area contributed by atoms with Crippen LogP contribution < -0.4 is 5.32 Å². The van der Waals surface area contributed by atoms with Gasteiger partial charge in [-0.3, -0.25) is 0 Å². The molecule has 0 aliphatic carbocycles. The van der Waals surface area contributed by atoms with Crippen LogP contribution in [-0.2, 0) is 24.2 Å². The summed E-state index contributed by atoms with van der Waals surface area (Å²) in [5, 5.41) is 10.5. The third kappa shape index (κ3) is 3.49. The SMILES string of the molecule is CNCc1nnn(CC(F)F)c1CCOC. The molecular weight excluding hydrogens is 218 g/mol. The minimum absolute atomic E-state index is 0.421. The molecule has 0 fully saturated rings. The van der Waals surface area contributed by atoms with E-state index in [0.29, 0.717) is 31.0 Å². The molecular formula is C9H16F2N4O. The average Bonchev–Trinajstić information content (AvgIpc) is 2.58. The molecule has 5 nitrogen and oxygen atoms in total. The van der Waals surface area contributed by atoms with Crippen LogP contribution in [0.15, 0.2) is 0 Å². The summed E-state index contributed by atoms with van der Waals surface area (Å²) in [6, 6.07) is 0. The molecule has 7 heteroatoms. The van der Waals surface area contributed by atoms with Crippen LogP contribution in [0.3, 0.4) is 0 Å². The number of aromatic nitrogens is 3. The first-order chi connectivity index (χ1) is 7.69. The normalized spacial score (nSPS) is 11.3. The highest BCUT2D eigenvalue weighted by atomic mass is 19.3. The molecule has 1 N–H and O–H groups in total. The van der Waals surface area contributed by atoms with Gasteiger partial charge in [-0.05, 0) is 7.05 Å². The second-order valence-electron chi connectivity index (χ2n) is 3.33. The quantitative estimate of drug-likeness (QED) is 0.744. The fourth-order valence-corrected chi connectivity index (χ4v) is 1.42. The number of ether oxygens (including phenoxy) is 1. The summed E-state index contributed by atoms with van der Waals surface area (Å²) in [7, 11) is 3.34. The molecule has 0 unspecified atom stereocenters. The molecule has 0 aliphatic heterocycles. The summed E-state index contributed by atoms with van der Waals surface area (Å²) in [5.74, 6) is 0. The molecule has 0 radical (unpaired) electrons. The maximum absolute atomic E-state index is 12.3. The van der Waals surface area contributed by atoms with Gasteiger partial charge in [-0.25, -0.2) is 13.5 Å². The Morgan fingerprint density at radius 2 is 2.25 bits per heavy atom. The van der Waals surface area contributed by atoms with Gasteiger partial charge in [0.25, 0.3) is 6.43 Å². The van der Waals surface area contributed by atoms with Crippen LogP contribution in [0, 0.1) is 0 Å². The summed E-state index contributed by atoms with van der Waals surface area (Å²) >= 11 is 0. The number of hydrogen-bond donors (Lipinski definition) is 1. The van der Waals surface area contributed by atoms with Crippen molar-refractivity contribution in [3.05, 3.63) is 11.4 Å². The fourth-order valence-electron chi connectivity index (χ4n) is 1.42. The van der Waals surface area contributed by atoms with E-state index in [9.17, 15) is 8.78 Å². The van der Waals surface area contributed by atoms with E-state index in [1.807, 2.05) is 0 Å². The number of rotatable bonds is 7. The zero-order chi connectivity index (χ0) is 12.0. The minimum Gasteiger partial charge on any atom is -0.384 e. The molecule has 0 saturated heterocycles.